The number of para-hydroxylation sites is 1. The second-order valence-corrected chi connectivity index (χ2v) is 7.32. The second kappa shape index (κ2) is 9.92. The molecule has 1 amide bonds. The van der Waals surface area contributed by atoms with Crippen LogP contribution in [0.2, 0.25) is 0 Å². The number of nitrogens with one attached hydrogen (secondary N) is 1. The highest BCUT2D eigenvalue weighted by Gasteiger charge is 2.10. The van der Waals surface area contributed by atoms with Crippen molar-refractivity contribution in [2.24, 2.45) is 0 Å². The molecule has 162 valence electrons. The zero-order valence-electron chi connectivity index (χ0n) is 17.8. The van der Waals surface area contributed by atoms with Crippen LogP contribution in [0, 0.1) is 5.82 Å². The van der Waals surface area contributed by atoms with Gasteiger partial charge in [-0.3, -0.25) is 0 Å². The van der Waals surface area contributed by atoms with Crippen LogP contribution >= 0.6 is 0 Å². The van der Waals surface area contributed by atoms with E-state index in [0.717, 1.165) is 34.8 Å². The summed E-state index contributed by atoms with van der Waals surface area (Å²) < 4.78 is 20.5. The molecular weight excluding hydrogens is 405 g/mol. The van der Waals surface area contributed by atoms with Crippen molar-refractivity contribution in [1.82, 2.24) is 14.9 Å². The van der Waals surface area contributed by atoms with Crippen LogP contribution in [0.4, 0.5) is 9.18 Å². The minimum absolute atomic E-state index is 0.262. The molecule has 0 saturated heterocycles. The van der Waals surface area contributed by atoms with Crippen LogP contribution in [0.25, 0.3) is 16.9 Å². The first-order valence-corrected chi connectivity index (χ1v) is 10.6. The van der Waals surface area contributed by atoms with Crippen molar-refractivity contribution in [2.45, 2.75) is 19.8 Å². The minimum Gasteiger partial charge on any atom is -0.410 e. The lowest BCUT2D eigenvalue weighted by molar-refractivity contribution is 0.200. The number of carbonyl (C=O) groups is 1. The Balaban J connectivity index is 1.38. The van der Waals surface area contributed by atoms with Gasteiger partial charge in [0.1, 0.15) is 17.4 Å². The number of rotatable bonds is 7. The molecular formula is C26H24FN3O2. The van der Waals surface area contributed by atoms with Crippen LogP contribution in [-0.2, 0) is 12.8 Å². The summed E-state index contributed by atoms with van der Waals surface area (Å²) in [5.74, 6) is 1.19. The van der Waals surface area contributed by atoms with Gasteiger partial charge in [-0.2, -0.15) is 0 Å². The summed E-state index contributed by atoms with van der Waals surface area (Å²) in [7, 11) is 0. The van der Waals surface area contributed by atoms with Crippen LogP contribution in [-0.4, -0.2) is 22.2 Å². The standard InChI is InChI=1S/C26H24FN3O2/c1-2-25-29-24(20-10-12-21(27)13-11-20)18-30(25)22-14-8-19(9-15-22)16-17-28-26(31)32-23-6-4-3-5-7-23/h3-15,18H,2,16-17H2,1H3,(H,28,31). The fraction of sp³-hybridized carbons (Fsp3) is 0.154. The summed E-state index contributed by atoms with van der Waals surface area (Å²) in [6.45, 7) is 2.53. The number of nitrogens with zero attached hydrogens (tertiary/aromatic N) is 2. The lowest BCUT2D eigenvalue weighted by Gasteiger charge is -2.09. The molecule has 5 nitrogen and oxygen atoms in total. The first-order chi connectivity index (χ1) is 15.6. The lowest BCUT2D eigenvalue weighted by Crippen LogP contribution is -2.28. The zero-order chi connectivity index (χ0) is 22.3. The highest BCUT2D eigenvalue weighted by Crippen LogP contribution is 2.22. The second-order valence-electron chi connectivity index (χ2n) is 7.32. The van der Waals surface area contributed by atoms with E-state index in [9.17, 15) is 9.18 Å². The van der Waals surface area contributed by atoms with Gasteiger partial charge in [0.05, 0.1) is 5.69 Å². The molecule has 32 heavy (non-hydrogen) atoms. The van der Waals surface area contributed by atoms with E-state index >= 15 is 0 Å². The fourth-order valence-corrected chi connectivity index (χ4v) is 3.42. The van der Waals surface area contributed by atoms with E-state index < -0.39 is 6.09 Å². The quantitative estimate of drug-likeness (QED) is 0.418. The van der Waals surface area contributed by atoms with E-state index in [1.54, 1.807) is 24.3 Å². The molecule has 0 aliphatic rings. The number of benzene rings is 3. The smallest absolute Gasteiger partial charge is 0.410 e. The number of ether oxygens (including phenoxy) is 1. The number of aromatic nitrogens is 2. The molecule has 0 spiro atoms. The highest BCUT2D eigenvalue weighted by atomic mass is 19.1. The Labute approximate surface area is 186 Å². The Hall–Kier alpha value is -3.93. The zero-order valence-corrected chi connectivity index (χ0v) is 17.8. The topological polar surface area (TPSA) is 56.2 Å². The first-order valence-electron chi connectivity index (χ1n) is 10.6. The molecule has 0 fully saturated rings. The Morgan fingerprint density at radius 2 is 1.72 bits per heavy atom. The molecule has 0 saturated carbocycles. The van der Waals surface area contributed by atoms with Crippen LogP contribution in [0.15, 0.2) is 85.1 Å². The van der Waals surface area contributed by atoms with Gasteiger partial charge in [0.25, 0.3) is 0 Å². The van der Waals surface area contributed by atoms with Gasteiger partial charge in [-0.1, -0.05) is 37.3 Å². The third kappa shape index (κ3) is 5.21. The number of amides is 1. The van der Waals surface area contributed by atoms with Gasteiger partial charge in [-0.15, -0.1) is 0 Å². The van der Waals surface area contributed by atoms with Crippen LogP contribution < -0.4 is 10.1 Å². The van der Waals surface area contributed by atoms with Gasteiger partial charge in [0, 0.05) is 30.4 Å². The van der Waals surface area contributed by atoms with Crippen molar-refractivity contribution in [3.8, 4) is 22.7 Å². The fourth-order valence-electron chi connectivity index (χ4n) is 3.42. The predicted octanol–water partition coefficient (Wildman–Crippen LogP) is 5.57. The van der Waals surface area contributed by atoms with Gasteiger partial charge in [0.15, 0.2) is 0 Å². The first kappa shape index (κ1) is 21.3. The molecule has 3 aromatic carbocycles. The predicted molar refractivity (Wildman–Crippen MR) is 123 cm³/mol. The summed E-state index contributed by atoms with van der Waals surface area (Å²) in [5.41, 5.74) is 3.80. The van der Waals surface area contributed by atoms with Crippen molar-refractivity contribution in [2.75, 3.05) is 6.54 Å². The molecule has 1 N–H and O–H groups in total. The molecule has 6 heteroatoms. The van der Waals surface area contributed by atoms with E-state index in [1.807, 2.05) is 48.7 Å². The van der Waals surface area contributed by atoms with E-state index in [0.29, 0.717) is 18.7 Å². The van der Waals surface area contributed by atoms with Crippen molar-refractivity contribution in [3.05, 3.63) is 102 Å². The van der Waals surface area contributed by atoms with Gasteiger partial charge in [-0.05, 0) is 60.5 Å². The Bertz CT molecular complexity index is 1170. The molecule has 0 radical (unpaired) electrons. The van der Waals surface area contributed by atoms with Crippen molar-refractivity contribution >= 4 is 6.09 Å². The van der Waals surface area contributed by atoms with E-state index in [2.05, 4.69) is 16.8 Å². The van der Waals surface area contributed by atoms with Gasteiger partial charge < -0.3 is 14.6 Å². The number of aryl methyl sites for hydroxylation is 1. The van der Waals surface area contributed by atoms with E-state index in [-0.39, 0.29) is 5.82 Å². The maximum atomic E-state index is 13.2. The Morgan fingerprint density at radius 1 is 1.00 bits per heavy atom. The van der Waals surface area contributed by atoms with Crippen molar-refractivity contribution < 1.29 is 13.9 Å². The normalized spacial score (nSPS) is 10.7. The molecule has 1 heterocycles. The average Bonchev–Trinajstić information content (AvgIpc) is 3.25. The molecule has 0 aliphatic heterocycles. The van der Waals surface area contributed by atoms with Crippen LogP contribution in [0.3, 0.4) is 0 Å². The largest absolute Gasteiger partial charge is 0.412 e. The average molecular weight is 429 g/mol. The number of halogens is 1. The van der Waals surface area contributed by atoms with Crippen LogP contribution in [0.1, 0.15) is 18.3 Å². The lowest BCUT2D eigenvalue weighted by atomic mass is 10.1. The summed E-state index contributed by atoms with van der Waals surface area (Å²) in [6, 6.07) is 23.5. The highest BCUT2D eigenvalue weighted by molar-refractivity contribution is 5.70. The molecule has 0 bridgehead atoms. The van der Waals surface area contributed by atoms with Gasteiger partial charge in [0.2, 0.25) is 0 Å². The minimum atomic E-state index is -0.466. The van der Waals surface area contributed by atoms with Crippen LogP contribution in [0.5, 0.6) is 5.75 Å². The third-order valence-electron chi connectivity index (χ3n) is 5.09. The number of imidazole rings is 1. The van der Waals surface area contributed by atoms with E-state index in [1.165, 1.54) is 12.1 Å². The number of carbonyl (C=O) groups excluding carboxylic acids is 1. The van der Waals surface area contributed by atoms with Gasteiger partial charge >= 0.3 is 6.09 Å². The summed E-state index contributed by atoms with van der Waals surface area (Å²) in [4.78, 5) is 16.6. The molecule has 0 unspecified atom stereocenters. The SMILES string of the molecule is CCc1nc(-c2ccc(F)cc2)cn1-c1ccc(CCNC(=O)Oc2ccccc2)cc1. The molecule has 4 aromatic rings. The van der Waals surface area contributed by atoms with Crippen molar-refractivity contribution in [3.63, 3.8) is 0 Å². The number of hydrogen-bond acceptors (Lipinski definition) is 3. The summed E-state index contributed by atoms with van der Waals surface area (Å²) in [5, 5.41) is 2.77. The Morgan fingerprint density at radius 3 is 2.41 bits per heavy atom. The Kier molecular flexibility index (Phi) is 6.60. The van der Waals surface area contributed by atoms with Crippen molar-refractivity contribution in [1.29, 1.82) is 0 Å². The molecule has 4 rings (SSSR count). The third-order valence-corrected chi connectivity index (χ3v) is 5.09. The van der Waals surface area contributed by atoms with Gasteiger partial charge in [-0.25, -0.2) is 14.2 Å². The monoisotopic (exact) mass is 429 g/mol. The molecule has 0 aliphatic carbocycles. The molecule has 1 aromatic heterocycles. The maximum Gasteiger partial charge on any atom is 0.412 e. The summed E-state index contributed by atoms with van der Waals surface area (Å²) in [6.07, 6.45) is 2.97. The van der Waals surface area contributed by atoms with E-state index in [4.69, 9.17) is 9.72 Å². The molecule has 0 atom stereocenters. The number of hydrogen-bond donors (Lipinski definition) is 1. The maximum absolute atomic E-state index is 13.2. The summed E-state index contributed by atoms with van der Waals surface area (Å²) >= 11 is 0.